The third kappa shape index (κ3) is 3.68. The lowest BCUT2D eigenvalue weighted by Gasteiger charge is -2.24. The highest BCUT2D eigenvalue weighted by atomic mass is 16.4. The first-order valence-electron chi connectivity index (χ1n) is 9.74. The fourth-order valence-corrected chi connectivity index (χ4v) is 3.85. The molecule has 2 N–H and O–H groups in total. The summed E-state index contributed by atoms with van der Waals surface area (Å²) < 4.78 is 5.99. The molecule has 2 aliphatic rings. The van der Waals surface area contributed by atoms with Gasteiger partial charge in [-0.05, 0) is 37.8 Å². The summed E-state index contributed by atoms with van der Waals surface area (Å²) >= 11 is 0. The quantitative estimate of drug-likeness (QED) is 0.799. The molecule has 0 bridgehead atoms. The molecule has 2 aliphatic carbocycles. The van der Waals surface area contributed by atoms with Gasteiger partial charge in [-0.2, -0.15) is 0 Å². The van der Waals surface area contributed by atoms with Gasteiger partial charge in [0.05, 0.1) is 0 Å². The molecule has 1 heterocycles. The fourth-order valence-electron chi connectivity index (χ4n) is 3.85. The smallest absolute Gasteiger partial charge is 0.273 e. The van der Waals surface area contributed by atoms with Gasteiger partial charge >= 0.3 is 0 Å². The van der Waals surface area contributed by atoms with Crippen LogP contribution in [0.2, 0.25) is 0 Å². The van der Waals surface area contributed by atoms with E-state index >= 15 is 0 Å². The molecule has 2 aromatic rings. The highest BCUT2D eigenvalue weighted by Gasteiger charge is 2.35. The molecule has 2 atom stereocenters. The molecule has 4 rings (SSSR count). The predicted molar refractivity (Wildman–Crippen MR) is 98.8 cm³/mol. The summed E-state index contributed by atoms with van der Waals surface area (Å²) in [4.78, 5) is 17.5. The first-order chi connectivity index (χ1) is 12.8. The summed E-state index contributed by atoms with van der Waals surface area (Å²) in [5.41, 5.74) is 1.31. The van der Waals surface area contributed by atoms with E-state index < -0.39 is 0 Å². The number of aromatic nitrogens is 1. The maximum absolute atomic E-state index is 13.0. The van der Waals surface area contributed by atoms with Gasteiger partial charge in [0.25, 0.3) is 5.91 Å². The number of oxazole rings is 1. The Labute approximate surface area is 153 Å². The maximum atomic E-state index is 13.0. The van der Waals surface area contributed by atoms with Gasteiger partial charge in [-0.15, -0.1) is 0 Å². The minimum Gasteiger partial charge on any atom is -0.440 e. The van der Waals surface area contributed by atoms with Crippen molar-refractivity contribution < 1.29 is 14.3 Å². The van der Waals surface area contributed by atoms with E-state index in [1.54, 1.807) is 0 Å². The van der Waals surface area contributed by atoms with Gasteiger partial charge in [0.15, 0.2) is 5.69 Å². The lowest BCUT2D eigenvalue weighted by molar-refractivity contribution is 0.0893. The van der Waals surface area contributed by atoms with Crippen molar-refractivity contribution in [1.82, 2.24) is 10.3 Å². The second kappa shape index (κ2) is 7.62. The number of hydrogen-bond acceptors (Lipinski definition) is 4. The van der Waals surface area contributed by atoms with Crippen LogP contribution in [0.5, 0.6) is 0 Å². The number of aliphatic hydroxyl groups is 1. The topological polar surface area (TPSA) is 75.4 Å². The molecule has 0 aliphatic heterocycles. The van der Waals surface area contributed by atoms with Crippen LogP contribution in [0.15, 0.2) is 34.7 Å². The SMILES string of the molecule is O=C(NC1CCCCCC1CO)c1nc(-c2ccccc2)oc1C1CC1. The van der Waals surface area contributed by atoms with E-state index in [-0.39, 0.29) is 24.5 Å². The van der Waals surface area contributed by atoms with Gasteiger partial charge in [0.1, 0.15) is 5.76 Å². The highest BCUT2D eigenvalue weighted by Crippen LogP contribution is 2.43. The zero-order valence-electron chi connectivity index (χ0n) is 15.0. The van der Waals surface area contributed by atoms with Crippen LogP contribution >= 0.6 is 0 Å². The van der Waals surface area contributed by atoms with Crippen LogP contribution in [0.25, 0.3) is 11.5 Å². The van der Waals surface area contributed by atoms with Crippen molar-refractivity contribution in [2.75, 3.05) is 6.61 Å². The van der Waals surface area contributed by atoms with Crippen molar-refractivity contribution in [3.05, 3.63) is 41.8 Å². The summed E-state index contributed by atoms with van der Waals surface area (Å²) in [7, 11) is 0. The molecule has 26 heavy (non-hydrogen) atoms. The highest BCUT2D eigenvalue weighted by molar-refractivity contribution is 5.94. The Morgan fingerprint density at radius 1 is 1.12 bits per heavy atom. The normalized spacial score (nSPS) is 23.4. The number of benzene rings is 1. The summed E-state index contributed by atoms with van der Waals surface area (Å²) in [5, 5.41) is 12.8. The van der Waals surface area contributed by atoms with Gasteiger partial charge in [0, 0.05) is 30.0 Å². The Morgan fingerprint density at radius 2 is 1.88 bits per heavy atom. The number of carbonyl (C=O) groups is 1. The Kier molecular flexibility index (Phi) is 5.07. The number of amides is 1. The van der Waals surface area contributed by atoms with E-state index in [2.05, 4.69) is 10.3 Å². The molecule has 2 fully saturated rings. The lowest BCUT2D eigenvalue weighted by atomic mass is 9.95. The number of hydrogen-bond donors (Lipinski definition) is 2. The number of nitrogens with zero attached hydrogens (tertiary/aromatic N) is 1. The molecule has 5 heteroatoms. The molecule has 138 valence electrons. The zero-order chi connectivity index (χ0) is 17.9. The molecular formula is C21H26N2O3. The van der Waals surface area contributed by atoms with E-state index in [1.165, 1.54) is 0 Å². The van der Waals surface area contributed by atoms with Crippen LogP contribution in [0.1, 0.15) is 67.1 Å². The van der Waals surface area contributed by atoms with Gasteiger partial charge in [0.2, 0.25) is 5.89 Å². The van der Waals surface area contributed by atoms with E-state index in [4.69, 9.17) is 4.42 Å². The largest absolute Gasteiger partial charge is 0.440 e. The monoisotopic (exact) mass is 354 g/mol. The van der Waals surface area contributed by atoms with E-state index in [9.17, 15) is 9.90 Å². The van der Waals surface area contributed by atoms with E-state index in [0.29, 0.717) is 17.5 Å². The van der Waals surface area contributed by atoms with Crippen LogP contribution in [-0.2, 0) is 0 Å². The number of aliphatic hydroxyl groups excluding tert-OH is 1. The van der Waals surface area contributed by atoms with Crippen molar-refractivity contribution in [3.63, 3.8) is 0 Å². The molecule has 1 aromatic heterocycles. The molecule has 0 spiro atoms. The minimum absolute atomic E-state index is 0.0129. The van der Waals surface area contributed by atoms with Gasteiger partial charge in [-0.3, -0.25) is 4.79 Å². The average molecular weight is 354 g/mol. The van der Waals surface area contributed by atoms with Crippen LogP contribution in [0, 0.1) is 5.92 Å². The second-order valence-electron chi connectivity index (χ2n) is 7.53. The average Bonchev–Trinajstić information content (AvgIpc) is 3.46. The second-order valence-corrected chi connectivity index (χ2v) is 7.53. The Balaban J connectivity index is 1.57. The fraction of sp³-hybridized carbons (Fsp3) is 0.524. The van der Waals surface area contributed by atoms with Crippen molar-refractivity contribution in [1.29, 1.82) is 0 Å². The maximum Gasteiger partial charge on any atom is 0.273 e. The third-order valence-electron chi connectivity index (χ3n) is 5.55. The summed E-state index contributed by atoms with van der Waals surface area (Å²) in [6.45, 7) is 0.120. The Bertz CT molecular complexity index is 752. The number of carbonyl (C=O) groups excluding carboxylic acids is 1. The van der Waals surface area contributed by atoms with Crippen LogP contribution in [0.4, 0.5) is 0 Å². The molecule has 0 radical (unpaired) electrons. The first kappa shape index (κ1) is 17.3. The van der Waals surface area contributed by atoms with E-state index in [0.717, 1.165) is 56.3 Å². The number of rotatable bonds is 5. The van der Waals surface area contributed by atoms with Crippen molar-refractivity contribution >= 4 is 5.91 Å². The van der Waals surface area contributed by atoms with Crippen LogP contribution in [0.3, 0.4) is 0 Å². The molecular weight excluding hydrogens is 328 g/mol. The molecule has 2 unspecified atom stereocenters. The lowest BCUT2D eigenvalue weighted by Crippen LogP contribution is -2.41. The van der Waals surface area contributed by atoms with Crippen molar-refractivity contribution in [2.24, 2.45) is 5.92 Å². The van der Waals surface area contributed by atoms with Crippen molar-refractivity contribution in [2.45, 2.75) is 56.9 Å². The van der Waals surface area contributed by atoms with Crippen molar-refractivity contribution in [3.8, 4) is 11.5 Å². The van der Waals surface area contributed by atoms with Crippen LogP contribution in [-0.4, -0.2) is 28.6 Å². The van der Waals surface area contributed by atoms with E-state index in [1.807, 2.05) is 30.3 Å². The summed E-state index contributed by atoms with van der Waals surface area (Å²) in [6, 6.07) is 9.72. The standard InChI is InChI=1S/C21H26N2O3/c24-13-16-9-5-2-6-10-17(16)22-20(25)18-19(14-11-12-14)26-21(23-18)15-7-3-1-4-8-15/h1,3-4,7-8,14,16-17,24H,2,5-6,9-13H2,(H,22,25). The molecule has 1 aromatic carbocycles. The Morgan fingerprint density at radius 3 is 2.62 bits per heavy atom. The number of nitrogens with one attached hydrogen (secondary N) is 1. The van der Waals surface area contributed by atoms with Crippen LogP contribution < -0.4 is 5.32 Å². The molecule has 0 saturated heterocycles. The first-order valence-corrected chi connectivity index (χ1v) is 9.74. The van der Waals surface area contributed by atoms with Gasteiger partial charge in [-0.25, -0.2) is 4.98 Å². The summed E-state index contributed by atoms with van der Waals surface area (Å²) in [5.74, 6) is 1.51. The molecule has 5 nitrogen and oxygen atoms in total. The summed E-state index contributed by atoms with van der Waals surface area (Å²) in [6.07, 6.45) is 7.35. The third-order valence-corrected chi connectivity index (χ3v) is 5.55. The Hall–Kier alpha value is -2.14. The molecule has 2 saturated carbocycles. The van der Waals surface area contributed by atoms with Gasteiger partial charge < -0.3 is 14.8 Å². The predicted octanol–water partition coefficient (Wildman–Crippen LogP) is 3.89. The minimum atomic E-state index is -0.164. The van der Waals surface area contributed by atoms with Gasteiger partial charge in [-0.1, -0.05) is 37.5 Å². The zero-order valence-corrected chi connectivity index (χ0v) is 15.0. The molecule has 1 amide bonds.